The van der Waals surface area contributed by atoms with Crippen LogP contribution in [0, 0.1) is 0 Å². The third-order valence-corrected chi connectivity index (χ3v) is 4.11. The Morgan fingerprint density at radius 3 is 2.39 bits per heavy atom. The molecule has 0 saturated carbocycles. The second-order valence-corrected chi connectivity index (χ2v) is 6.66. The highest BCUT2D eigenvalue weighted by Crippen LogP contribution is 2.21. The minimum atomic E-state index is 0.508. The van der Waals surface area contributed by atoms with E-state index >= 15 is 0 Å². The van der Waals surface area contributed by atoms with Crippen LogP contribution in [-0.2, 0) is 13.1 Å². The molecular formula is C17H15BrClN3O. The molecular weight excluding hydrogens is 378 g/mol. The molecule has 118 valence electrons. The predicted octanol–water partition coefficient (Wildman–Crippen LogP) is 4.78. The van der Waals surface area contributed by atoms with Gasteiger partial charge >= 0.3 is 0 Å². The highest BCUT2D eigenvalue weighted by molar-refractivity contribution is 9.10. The number of aromatic nitrogens is 2. The average molecular weight is 393 g/mol. The Balaban J connectivity index is 1.64. The SMILES string of the molecule is CN(Cc1ccc(Br)cc1)Cc1nnc(-c2ccc(Cl)cc2)o1. The summed E-state index contributed by atoms with van der Waals surface area (Å²) in [7, 11) is 2.02. The van der Waals surface area contributed by atoms with Gasteiger partial charge in [-0.15, -0.1) is 10.2 Å². The van der Waals surface area contributed by atoms with Gasteiger partial charge in [0, 0.05) is 21.6 Å². The van der Waals surface area contributed by atoms with Gasteiger partial charge in [-0.25, -0.2) is 0 Å². The fourth-order valence-electron chi connectivity index (χ4n) is 2.21. The molecule has 0 bridgehead atoms. The zero-order chi connectivity index (χ0) is 16.2. The summed E-state index contributed by atoms with van der Waals surface area (Å²) in [6.45, 7) is 1.41. The van der Waals surface area contributed by atoms with Crippen molar-refractivity contribution in [3.05, 3.63) is 69.5 Å². The maximum atomic E-state index is 5.88. The summed E-state index contributed by atoms with van der Waals surface area (Å²) >= 11 is 9.32. The molecule has 0 aliphatic carbocycles. The maximum Gasteiger partial charge on any atom is 0.247 e. The van der Waals surface area contributed by atoms with E-state index in [9.17, 15) is 0 Å². The van der Waals surface area contributed by atoms with E-state index in [-0.39, 0.29) is 0 Å². The molecule has 0 radical (unpaired) electrons. The summed E-state index contributed by atoms with van der Waals surface area (Å²) in [5.41, 5.74) is 2.09. The van der Waals surface area contributed by atoms with Crippen molar-refractivity contribution < 1.29 is 4.42 Å². The van der Waals surface area contributed by atoms with E-state index in [4.69, 9.17) is 16.0 Å². The summed E-state index contributed by atoms with van der Waals surface area (Å²) in [5.74, 6) is 1.10. The minimum Gasteiger partial charge on any atom is -0.419 e. The first-order valence-corrected chi connectivity index (χ1v) is 8.28. The number of nitrogens with zero attached hydrogens (tertiary/aromatic N) is 3. The van der Waals surface area contributed by atoms with Crippen molar-refractivity contribution in [3.63, 3.8) is 0 Å². The predicted molar refractivity (Wildman–Crippen MR) is 94.1 cm³/mol. The standard InChI is InChI=1S/C17H15BrClN3O/c1-22(10-12-2-6-14(18)7-3-12)11-16-20-21-17(23-16)13-4-8-15(19)9-5-13/h2-9H,10-11H2,1H3. The zero-order valence-electron chi connectivity index (χ0n) is 12.5. The van der Waals surface area contributed by atoms with Gasteiger partial charge in [0.15, 0.2) is 0 Å². The molecule has 0 aliphatic rings. The van der Waals surface area contributed by atoms with Crippen molar-refractivity contribution in [1.29, 1.82) is 0 Å². The first-order valence-electron chi connectivity index (χ1n) is 7.11. The van der Waals surface area contributed by atoms with Gasteiger partial charge in [0.1, 0.15) is 0 Å². The molecule has 1 heterocycles. The van der Waals surface area contributed by atoms with Crippen LogP contribution in [0.15, 0.2) is 57.4 Å². The van der Waals surface area contributed by atoms with Gasteiger partial charge in [0.05, 0.1) is 6.54 Å². The largest absolute Gasteiger partial charge is 0.419 e. The Labute approximate surface area is 148 Å². The normalized spacial score (nSPS) is 11.1. The van der Waals surface area contributed by atoms with E-state index < -0.39 is 0 Å². The van der Waals surface area contributed by atoms with E-state index in [1.165, 1.54) is 5.56 Å². The third kappa shape index (κ3) is 4.41. The van der Waals surface area contributed by atoms with E-state index in [1.807, 2.05) is 31.3 Å². The van der Waals surface area contributed by atoms with E-state index in [2.05, 4.69) is 43.2 Å². The second kappa shape index (κ2) is 7.25. The van der Waals surface area contributed by atoms with Gasteiger partial charge in [-0.2, -0.15) is 0 Å². The first-order chi connectivity index (χ1) is 11.1. The van der Waals surface area contributed by atoms with Gasteiger partial charge in [-0.1, -0.05) is 39.7 Å². The Morgan fingerprint density at radius 2 is 1.70 bits per heavy atom. The number of rotatable bonds is 5. The average Bonchev–Trinajstić information content (AvgIpc) is 2.98. The summed E-state index contributed by atoms with van der Waals surface area (Å²) in [5, 5.41) is 8.89. The number of hydrogen-bond acceptors (Lipinski definition) is 4. The molecule has 0 amide bonds. The summed E-state index contributed by atoms with van der Waals surface area (Å²) in [4.78, 5) is 2.13. The van der Waals surface area contributed by atoms with Crippen molar-refractivity contribution in [1.82, 2.24) is 15.1 Å². The third-order valence-electron chi connectivity index (χ3n) is 3.33. The Hall–Kier alpha value is -1.69. The van der Waals surface area contributed by atoms with Gasteiger partial charge in [0.25, 0.3) is 0 Å². The van der Waals surface area contributed by atoms with Crippen LogP contribution in [0.4, 0.5) is 0 Å². The van der Waals surface area contributed by atoms with Crippen molar-refractivity contribution in [2.45, 2.75) is 13.1 Å². The van der Waals surface area contributed by atoms with Crippen molar-refractivity contribution in [3.8, 4) is 11.5 Å². The fourth-order valence-corrected chi connectivity index (χ4v) is 2.61. The number of benzene rings is 2. The van der Waals surface area contributed by atoms with Crippen LogP contribution < -0.4 is 0 Å². The molecule has 3 rings (SSSR count). The lowest BCUT2D eigenvalue weighted by Crippen LogP contribution is -2.17. The van der Waals surface area contributed by atoms with Gasteiger partial charge in [-0.05, 0) is 49.0 Å². The Kier molecular flexibility index (Phi) is 5.10. The van der Waals surface area contributed by atoms with Gasteiger partial charge < -0.3 is 4.42 Å². The molecule has 6 heteroatoms. The Morgan fingerprint density at radius 1 is 1.00 bits per heavy atom. The monoisotopic (exact) mass is 391 g/mol. The van der Waals surface area contributed by atoms with Gasteiger partial charge in [-0.3, -0.25) is 4.90 Å². The molecule has 23 heavy (non-hydrogen) atoms. The Bertz CT molecular complexity index is 771. The minimum absolute atomic E-state index is 0.508. The highest BCUT2D eigenvalue weighted by Gasteiger charge is 2.11. The fraction of sp³-hybridized carbons (Fsp3) is 0.176. The van der Waals surface area contributed by atoms with Crippen LogP contribution in [0.5, 0.6) is 0 Å². The van der Waals surface area contributed by atoms with Crippen LogP contribution in [0.2, 0.25) is 5.02 Å². The first kappa shape index (κ1) is 16.2. The van der Waals surface area contributed by atoms with Crippen molar-refractivity contribution in [2.75, 3.05) is 7.05 Å². The second-order valence-electron chi connectivity index (χ2n) is 5.31. The lowest BCUT2D eigenvalue weighted by molar-refractivity contribution is 0.283. The van der Waals surface area contributed by atoms with Crippen LogP contribution in [-0.4, -0.2) is 22.1 Å². The lowest BCUT2D eigenvalue weighted by Gasteiger charge is -2.14. The quantitative estimate of drug-likeness (QED) is 0.626. The molecule has 0 fully saturated rings. The smallest absolute Gasteiger partial charge is 0.247 e. The van der Waals surface area contributed by atoms with Crippen molar-refractivity contribution in [2.24, 2.45) is 0 Å². The van der Waals surface area contributed by atoms with Crippen LogP contribution in [0.1, 0.15) is 11.5 Å². The van der Waals surface area contributed by atoms with Crippen molar-refractivity contribution >= 4 is 27.5 Å². The molecule has 0 N–H and O–H groups in total. The van der Waals surface area contributed by atoms with E-state index in [0.717, 1.165) is 16.6 Å². The van der Waals surface area contributed by atoms with Crippen LogP contribution in [0.25, 0.3) is 11.5 Å². The molecule has 2 aromatic carbocycles. The number of halogens is 2. The molecule has 0 atom stereocenters. The van der Waals surface area contributed by atoms with Crippen LogP contribution in [0.3, 0.4) is 0 Å². The summed E-state index contributed by atoms with van der Waals surface area (Å²) in [6, 6.07) is 15.6. The zero-order valence-corrected chi connectivity index (χ0v) is 14.9. The molecule has 4 nitrogen and oxygen atoms in total. The number of hydrogen-bond donors (Lipinski definition) is 0. The van der Waals surface area contributed by atoms with E-state index in [1.54, 1.807) is 12.1 Å². The summed E-state index contributed by atoms with van der Waals surface area (Å²) in [6.07, 6.45) is 0. The molecule has 0 saturated heterocycles. The lowest BCUT2D eigenvalue weighted by atomic mass is 10.2. The molecule has 1 aromatic heterocycles. The maximum absolute atomic E-state index is 5.88. The summed E-state index contributed by atoms with van der Waals surface area (Å²) < 4.78 is 6.80. The van der Waals surface area contributed by atoms with Crippen LogP contribution >= 0.6 is 27.5 Å². The molecule has 3 aromatic rings. The van der Waals surface area contributed by atoms with E-state index in [0.29, 0.717) is 23.3 Å². The van der Waals surface area contributed by atoms with Gasteiger partial charge in [0.2, 0.25) is 11.8 Å². The molecule has 0 aliphatic heterocycles. The highest BCUT2D eigenvalue weighted by atomic mass is 79.9. The molecule has 0 unspecified atom stereocenters. The molecule has 0 spiro atoms. The topological polar surface area (TPSA) is 42.2 Å².